The average molecular weight is 268 g/mol. The summed E-state index contributed by atoms with van der Waals surface area (Å²) in [6.45, 7) is 0.712. The smallest absolute Gasteiger partial charge is 0.252 e. The van der Waals surface area contributed by atoms with Crippen LogP contribution in [-0.4, -0.2) is 29.4 Å². The standard InChI is InChI=1S/C12H20N4OS/c1-18-8-4-2-3-7-14-12(17)10-5-6-11(16-13)15-9-10/h5-6,9H,2-4,7-8,13H2,1H3,(H,14,17)(H,15,16). The lowest BCUT2D eigenvalue weighted by Crippen LogP contribution is -2.24. The molecule has 0 radical (unpaired) electrons. The number of nitrogen functional groups attached to an aromatic ring is 1. The molecule has 0 aliphatic heterocycles. The Labute approximate surface area is 112 Å². The number of carbonyl (C=O) groups excluding carboxylic acids is 1. The molecule has 1 aromatic heterocycles. The van der Waals surface area contributed by atoms with Crippen molar-refractivity contribution in [1.82, 2.24) is 10.3 Å². The summed E-state index contributed by atoms with van der Waals surface area (Å²) < 4.78 is 0. The number of aromatic nitrogens is 1. The van der Waals surface area contributed by atoms with Crippen molar-refractivity contribution >= 4 is 23.5 Å². The van der Waals surface area contributed by atoms with Crippen LogP contribution in [0.1, 0.15) is 29.6 Å². The van der Waals surface area contributed by atoms with E-state index in [1.165, 1.54) is 18.4 Å². The minimum Gasteiger partial charge on any atom is -0.352 e. The van der Waals surface area contributed by atoms with Gasteiger partial charge in [-0.05, 0) is 37.0 Å². The molecule has 0 saturated carbocycles. The van der Waals surface area contributed by atoms with Crippen molar-refractivity contribution < 1.29 is 4.79 Å². The fraction of sp³-hybridized carbons (Fsp3) is 0.500. The number of unbranched alkanes of at least 4 members (excludes halogenated alkanes) is 2. The summed E-state index contributed by atoms with van der Waals surface area (Å²) in [5, 5.41) is 2.88. The van der Waals surface area contributed by atoms with Gasteiger partial charge in [0.2, 0.25) is 0 Å². The first-order valence-electron chi connectivity index (χ1n) is 5.97. The van der Waals surface area contributed by atoms with E-state index in [1.54, 1.807) is 12.1 Å². The molecule has 1 amide bonds. The van der Waals surface area contributed by atoms with E-state index in [4.69, 9.17) is 5.84 Å². The molecule has 0 fully saturated rings. The number of hydrazine groups is 1. The third-order valence-corrected chi connectivity index (χ3v) is 3.18. The van der Waals surface area contributed by atoms with Crippen LogP contribution in [0.4, 0.5) is 5.82 Å². The second-order valence-corrected chi connectivity index (χ2v) is 4.87. The molecule has 1 rings (SSSR count). The predicted octanol–water partition coefficient (Wildman–Crippen LogP) is 1.63. The Hall–Kier alpha value is -1.27. The van der Waals surface area contributed by atoms with Crippen molar-refractivity contribution in [1.29, 1.82) is 0 Å². The monoisotopic (exact) mass is 268 g/mol. The van der Waals surface area contributed by atoms with Crippen LogP contribution in [0.15, 0.2) is 18.3 Å². The molecule has 0 atom stereocenters. The number of hydrogen-bond acceptors (Lipinski definition) is 5. The minimum atomic E-state index is -0.0871. The Kier molecular flexibility index (Phi) is 7.20. The second kappa shape index (κ2) is 8.77. The molecule has 0 aliphatic rings. The Bertz CT molecular complexity index is 356. The number of anilines is 1. The summed E-state index contributed by atoms with van der Waals surface area (Å²) >= 11 is 1.85. The number of nitrogens with two attached hydrogens (primary N) is 1. The Balaban J connectivity index is 2.23. The van der Waals surface area contributed by atoms with E-state index in [9.17, 15) is 4.79 Å². The van der Waals surface area contributed by atoms with E-state index in [1.807, 2.05) is 11.8 Å². The van der Waals surface area contributed by atoms with Crippen molar-refractivity contribution in [2.45, 2.75) is 19.3 Å². The van der Waals surface area contributed by atoms with Crippen LogP contribution in [0.3, 0.4) is 0 Å². The lowest BCUT2D eigenvalue weighted by Gasteiger charge is -2.05. The summed E-state index contributed by atoms with van der Waals surface area (Å²) in [6.07, 6.45) is 6.99. The highest BCUT2D eigenvalue weighted by Gasteiger charge is 2.04. The molecule has 5 nitrogen and oxygen atoms in total. The van der Waals surface area contributed by atoms with Gasteiger partial charge in [-0.15, -0.1) is 0 Å². The molecule has 0 aliphatic carbocycles. The molecule has 0 saturated heterocycles. The summed E-state index contributed by atoms with van der Waals surface area (Å²) in [5.41, 5.74) is 2.97. The van der Waals surface area contributed by atoms with Gasteiger partial charge in [-0.3, -0.25) is 4.79 Å². The average Bonchev–Trinajstić information content (AvgIpc) is 2.42. The normalized spacial score (nSPS) is 10.1. The SMILES string of the molecule is CSCCCCCNC(=O)c1ccc(NN)nc1. The number of hydrogen-bond donors (Lipinski definition) is 3. The van der Waals surface area contributed by atoms with Crippen molar-refractivity contribution in [2.24, 2.45) is 5.84 Å². The third kappa shape index (κ3) is 5.37. The fourth-order valence-corrected chi connectivity index (χ4v) is 1.96. The zero-order chi connectivity index (χ0) is 13.2. The maximum absolute atomic E-state index is 11.7. The van der Waals surface area contributed by atoms with Crippen LogP contribution < -0.4 is 16.6 Å². The lowest BCUT2D eigenvalue weighted by atomic mass is 10.2. The summed E-state index contributed by atoms with van der Waals surface area (Å²) in [6, 6.07) is 3.37. The molecule has 18 heavy (non-hydrogen) atoms. The molecule has 1 aromatic rings. The maximum atomic E-state index is 11.7. The van der Waals surface area contributed by atoms with Gasteiger partial charge in [-0.25, -0.2) is 10.8 Å². The fourth-order valence-electron chi connectivity index (χ4n) is 1.47. The van der Waals surface area contributed by atoms with Gasteiger partial charge in [0.15, 0.2) is 0 Å². The van der Waals surface area contributed by atoms with Gasteiger partial charge in [0, 0.05) is 12.7 Å². The van der Waals surface area contributed by atoms with E-state index >= 15 is 0 Å². The third-order valence-electron chi connectivity index (χ3n) is 2.48. The highest BCUT2D eigenvalue weighted by atomic mass is 32.2. The van der Waals surface area contributed by atoms with Gasteiger partial charge in [-0.2, -0.15) is 11.8 Å². The zero-order valence-corrected chi connectivity index (χ0v) is 11.4. The van der Waals surface area contributed by atoms with E-state index in [0.717, 1.165) is 12.8 Å². The number of thioether (sulfide) groups is 1. The summed E-state index contributed by atoms with van der Waals surface area (Å²) in [4.78, 5) is 15.7. The van der Waals surface area contributed by atoms with E-state index in [0.29, 0.717) is 17.9 Å². The highest BCUT2D eigenvalue weighted by molar-refractivity contribution is 7.98. The molecular weight excluding hydrogens is 248 g/mol. The highest BCUT2D eigenvalue weighted by Crippen LogP contribution is 2.04. The van der Waals surface area contributed by atoms with Crippen molar-refractivity contribution in [3.8, 4) is 0 Å². The molecule has 1 heterocycles. The van der Waals surface area contributed by atoms with Crippen LogP contribution in [0.25, 0.3) is 0 Å². The van der Waals surface area contributed by atoms with Gasteiger partial charge < -0.3 is 10.7 Å². The van der Waals surface area contributed by atoms with E-state index < -0.39 is 0 Å². The van der Waals surface area contributed by atoms with E-state index in [2.05, 4.69) is 22.0 Å². The number of amides is 1. The van der Waals surface area contributed by atoms with Crippen LogP contribution >= 0.6 is 11.8 Å². The molecular formula is C12H20N4OS. The van der Waals surface area contributed by atoms with Gasteiger partial charge in [-0.1, -0.05) is 6.42 Å². The molecule has 0 aromatic carbocycles. The molecule has 0 bridgehead atoms. The number of carbonyl (C=O) groups is 1. The van der Waals surface area contributed by atoms with Gasteiger partial charge in [0.25, 0.3) is 5.91 Å². The maximum Gasteiger partial charge on any atom is 0.252 e. The van der Waals surface area contributed by atoms with Crippen molar-refractivity contribution in [2.75, 3.05) is 24.0 Å². The van der Waals surface area contributed by atoms with Gasteiger partial charge in [0.1, 0.15) is 5.82 Å². The lowest BCUT2D eigenvalue weighted by molar-refractivity contribution is 0.0952. The number of nitrogens with zero attached hydrogens (tertiary/aromatic N) is 1. The van der Waals surface area contributed by atoms with Crippen LogP contribution in [0.5, 0.6) is 0 Å². The first-order valence-corrected chi connectivity index (χ1v) is 7.37. The molecule has 0 unspecified atom stereocenters. The summed E-state index contributed by atoms with van der Waals surface area (Å²) in [5.74, 6) is 6.84. The van der Waals surface area contributed by atoms with Crippen LogP contribution in [0.2, 0.25) is 0 Å². The van der Waals surface area contributed by atoms with Gasteiger partial charge >= 0.3 is 0 Å². The first kappa shape index (κ1) is 14.8. The largest absolute Gasteiger partial charge is 0.352 e. The Morgan fingerprint density at radius 2 is 2.22 bits per heavy atom. The Morgan fingerprint density at radius 1 is 1.39 bits per heavy atom. The topological polar surface area (TPSA) is 80.0 Å². The summed E-state index contributed by atoms with van der Waals surface area (Å²) in [7, 11) is 0. The van der Waals surface area contributed by atoms with Crippen LogP contribution in [-0.2, 0) is 0 Å². The molecule has 100 valence electrons. The minimum absolute atomic E-state index is 0.0871. The van der Waals surface area contributed by atoms with Gasteiger partial charge in [0.05, 0.1) is 5.56 Å². The van der Waals surface area contributed by atoms with Crippen molar-refractivity contribution in [3.63, 3.8) is 0 Å². The van der Waals surface area contributed by atoms with Crippen LogP contribution in [0, 0.1) is 0 Å². The number of pyridine rings is 1. The number of rotatable bonds is 8. The first-order chi connectivity index (χ1) is 8.77. The molecule has 6 heteroatoms. The van der Waals surface area contributed by atoms with Crippen molar-refractivity contribution in [3.05, 3.63) is 23.9 Å². The van der Waals surface area contributed by atoms with E-state index in [-0.39, 0.29) is 5.91 Å². The Morgan fingerprint density at radius 3 is 2.83 bits per heavy atom. The molecule has 0 spiro atoms. The quantitative estimate of drug-likeness (QED) is 0.379. The second-order valence-electron chi connectivity index (χ2n) is 3.89. The zero-order valence-electron chi connectivity index (χ0n) is 10.6. The molecule has 4 N–H and O–H groups in total. The number of nitrogens with one attached hydrogen (secondary N) is 2. The predicted molar refractivity (Wildman–Crippen MR) is 76.6 cm³/mol.